The highest BCUT2D eigenvalue weighted by molar-refractivity contribution is 5.85. The van der Waals surface area contributed by atoms with Gasteiger partial charge in [0.15, 0.2) is 0 Å². The minimum absolute atomic E-state index is 0.190. The van der Waals surface area contributed by atoms with Crippen LogP contribution in [0.3, 0.4) is 0 Å². The van der Waals surface area contributed by atoms with Gasteiger partial charge in [-0.25, -0.2) is 4.79 Å². The molecule has 0 bridgehead atoms. The molecule has 0 saturated carbocycles. The molecule has 0 radical (unpaired) electrons. The number of unbranched alkanes of at least 4 members (excludes halogenated alkanes) is 1. The van der Waals surface area contributed by atoms with Crippen LogP contribution in [0.4, 0.5) is 4.79 Å². The van der Waals surface area contributed by atoms with Gasteiger partial charge >= 0.3 is 6.09 Å². The summed E-state index contributed by atoms with van der Waals surface area (Å²) in [5.41, 5.74) is -0.553. The van der Waals surface area contributed by atoms with Gasteiger partial charge in [0.25, 0.3) is 0 Å². The third kappa shape index (κ3) is 8.54. The van der Waals surface area contributed by atoms with Crippen LogP contribution < -0.4 is 10.6 Å². The Hall–Kier alpha value is -1.26. The molecule has 17 heavy (non-hydrogen) atoms. The smallest absolute Gasteiger partial charge is 0.408 e. The Bertz CT molecular complexity index is 259. The lowest BCUT2D eigenvalue weighted by Crippen LogP contribution is -2.46. The molecule has 0 aliphatic heterocycles. The number of ether oxygens (including phenoxy) is 1. The number of alkyl carbamates (subject to hydrolysis) is 1. The summed E-state index contributed by atoms with van der Waals surface area (Å²) in [6, 6.07) is -0.582. The normalized spacial score (nSPS) is 12.8. The average Bonchev–Trinajstić information content (AvgIpc) is 2.14. The van der Waals surface area contributed by atoms with Gasteiger partial charge in [0.2, 0.25) is 5.91 Å². The average molecular weight is 244 g/mol. The summed E-state index contributed by atoms with van der Waals surface area (Å²) in [7, 11) is 0. The van der Waals surface area contributed by atoms with Crippen LogP contribution in [-0.2, 0) is 9.53 Å². The van der Waals surface area contributed by atoms with Gasteiger partial charge in [0.05, 0.1) is 0 Å². The second-order valence-corrected chi connectivity index (χ2v) is 5.01. The number of carbonyl (C=O) groups is 2. The molecule has 0 aromatic carbocycles. The van der Waals surface area contributed by atoms with Crippen molar-refractivity contribution in [2.24, 2.45) is 0 Å². The molecule has 0 rings (SSSR count). The number of hydrogen-bond acceptors (Lipinski definition) is 3. The van der Waals surface area contributed by atoms with E-state index in [1.807, 2.05) is 0 Å². The molecule has 0 aromatic heterocycles. The Morgan fingerprint density at radius 1 is 1.29 bits per heavy atom. The van der Waals surface area contributed by atoms with E-state index in [9.17, 15) is 9.59 Å². The zero-order valence-electron chi connectivity index (χ0n) is 11.4. The molecular formula is C12H24N2O3. The van der Waals surface area contributed by atoms with Crippen LogP contribution in [0.15, 0.2) is 0 Å². The van der Waals surface area contributed by atoms with Crippen LogP contribution in [-0.4, -0.2) is 30.2 Å². The maximum atomic E-state index is 11.5. The van der Waals surface area contributed by atoms with Crippen LogP contribution in [0.2, 0.25) is 0 Å². The quantitative estimate of drug-likeness (QED) is 0.725. The van der Waals surface area contributed by atoms with Crippen molar-refractivity contribution < 1.29 is 14.3 Å². The molecule has 0 heterocycles. The van der Waals surface area contributed by atoms with E-state index in [0.29, 0.717) is 6.54 Å². The van der Waals surface area contributed by atoms with Crippen LogP contribution in [0.25, 0.3) is 0 Å². The molecule has 2 N–H and O–H groups in total. The Morgan fingerprint density at radius 3 is 2.35 bits per heavy atom. The van der Waals surface area contributed by atoms with Crippen molar-refractivity contribution in [3.8, 4) is 0 Å². The van der Waals surface area contributed by atoms with Crippen molar-refractivity contribution in [2.75, 3.05) is 6.54 Å². The maximum absolute atomic E-state index is 11.5. The summed E-state index contributed by atoms with van der Waals surface area (Å²) in [5, 5.41) is 5.23. The first-order chi connectivity index (χ1) is 7.76. The first-order valence-electron chi connectivity index (χ1n) is 6.03. The summed E-state index contributed by atoms with van der Waals surface area (Å²) in [4.78, 5) is 22.9. The van der Waals surface area contributed by atoms with Crippen LogP contribution >= 0.6 is 0 Å². The van der Waals surface area contributed by atoms with E-state index in [4.69, 9.17) is 4.74 Å². The second-order valence-electron chi connectivity index (χ2n) is 5.01. The second kappa shape index (κ2) is 7.14. The van der Waals surface area contributed by atoms with Gasteiger partial charge in [-0.3, -0.25) is 4.79 Å². The molecule has 1 unspecified atom stereocenters. The first kappa shape index (κ1) is 15.7. The van der Waals surface area contributed by atoms with E-state index >= 15 is 0 Å². The topological polar surface area (TPSA) is 67.4 Å². The molecule has 0 aromatic rings. The molecule has 0 aliphatic rings. The summed E-state index contributed by atoms with van der Waals surface area (Å²) in [6.45, 7) is 9.64. The predicted molar refractivity (Wildman–Crippen MR) is 66.7 cm³/mol. The minimum atomic E-state index is -0.582. The van der Waals surface area contributed by atoms with Crippen molar-refractivity contribution in [2.45, 2.75) is 59.1 Å². The summed E-state index contributed by atoms with van der Waals surface area (Å²) >= 11 is 0. The standard InChI is InChI=1S/C12H24N2O3/c1-6-7-8-13-10(15)9(2)14-11(16)17-12(3,4)5/h9H,6-8H2,1-5H3,(H,13,15)(H,14,16). The van der Waals surface area contributed by atoms with E-state index < -0.39 is 17.7 Å². The molecule has 0 fully saturated rings. The van der Waals surface area contributed by atoms with Gasteiger partial charge in [-0.15, -0.1) is 0 Å². The van der Waals surface area contributed by atoms with Crippen LogP contribution in [0, 0.1) is 0 Å². The Kier molecular flexibility index (Phi) is 6.61. The van der Waals surface area contributed by atoms with Crippen molar-refractivity contribution in [1.82, 2.24) is 10.6 Å². The number of hydrogen-bond donors (Lipinski definition) is 2. The molecule has 5 heteroatoms. The van der Waals surface area contributed by atoms with Crippen molar-refractivity contribution in [3.05, 3.63) is 0 Å². The number of carbonyl (C=O) groups excluding carboxylic acids is 2. The molecule has 100 valence electrons. The summed E-state index contributed by atoms with van der Waals surface area (Å²) in [5.74, 6) is -0.190. The van der Waals surface area contributed by atoms with Crippen molar-refractivity contribution >= 4 is 12.0 Å². The van der Waals surface area contributed by atoms with Gasteiger partial charge in [0, 0.05) is 6.54 Å². The zero-order chi connectivity index (χ0) is 13.5. The molecular weight excluding hydrogens is 220 g/mol. The lowest BCUT2D eigenvalue weighted by molar-refractivity contribution is -0.122. The molecule has 2 amide bonds. The minimum Gasteiger partial charge on any atom is -0.444 e. The first-order valence-corrected chi connectivity index (χ1v) is 6.03. The zero-order valence-corrected chi connectivity index (χ0v) is 11.4. The highest BCUT2D eigenvalue weighted by Gasteiger charge is 2.20. The molecule has 0 saturated heterocycles. The summed E-state index contributed by atoms with van der Waals surface area (Å²) in [6.07, 6.45) is 1.38. The van der Waals surface area contributed by atoms with Crippen LogP contribution in [0.5, 0.6) is 0 Å². The maximum Gasteiger partial charge on any atom is 0.408 e. The number of rotatable bonds is 5. The Balaban J connectivity index is 3.95. The molecule has 0 aliphatic carbocycles. The van der Waals surface area contributed by atoms with Crippen LogP contribution in [0.1, 0.15) is 47.5 Å². The Morgan fingerprint density at radius 2 is 1.88 bits per heavy atom. The molecule has 5 nitrogen and oxygen atoms in total. The van der Waals surface area contributed by atoms with E-state index in [-0.39, 0.29) is 5.91 Å². The van der Waals surface area contributed by atoms with Gasteiger partial charge < -0.3 is 15.4 Å². The molecule has 1 atom stereocenters. The highest BCUT2D eigenvalue weighted by atomic mass is 16.6. The lowest BCUT2D eigenvalue weighted by Gasteiger charge is -2.21. The SMILES string of the molecule is CCCCNC(=O)C(C)NC(=O)OC(C)(C)C. The fourth-order valence-corrected chi connectivity index (χ4v) is 1.09. The number of nitrogens with one attached hydrogen (secondary N) is 2. The predicted octanol–water partition coefficient (Wildman–Crippen LogP) is 1.82. The van der Waals surface area contributed by atoms with Gasteiger partial charge in [-0.1, -0.05) is 13.3 Å². The third-order valence-electron chi connectivity index (χ3n) is 1.96. The Labute approximate surface area is 103 Å². The van der Waals surface area contributed by atoms with Crippen molar-refractivity contribution in [1.29, 1.82) is 0 Å². The third-order valence-corrected chi connectivity index (χ3v) is 1.96. The monoisotopic (exact) mass is 244 g/mol. The van der Waals surface area contributed by atoms with E-state index in [1.54, 1.807) is 27.7 Å². The summed E-state index contributed by atoms with van der Waals surface area (Å²) < 4.78 is 5.05. The fourth-order valence-electron chi connectivity index (χ4n) is 1.09. The largest absolute Gasteiger partial charge is 0.444 e. The van der Waals surface area contributed by atoms with Gasteiger partial charge in [0.1, 0.15) is 11.6 Å². The van der Waals surface area contributed by atoms with Crippen molar-refractivity contribution in [3.63, 3.8) is 0 Å². The van der Waals surface area contributed by atoms with Gasteiger partial charge in [-0.05, 0) is 34.1 Å². The fraction of sp³-hybridized carbons (Fsp3) is 0.833. The lowest BCUT2D eigenvalue weighted by atomic mass is 10.2. The van der Waals surface area contributed by atoms with Gasteiger partial charge in [-0.2, -0.15) is 0 Å². The van der Waals surface area contributed by atoms with E-state index in [1.165, 1.54) is 0 Å². The highest BCUT2D eigenvalue weighted by Crippen LogP contribution is 2.06. The molecule has 0 spiro atoms. The van der Waals surface area contributed by atoms with E-state index in [0.717, 1.165) is 12.8 Å². The number of amides is 2. The van der Waals surface area contributed by atoms with E-state index in [2.05, 4.69) is 17.6 Å².